The van der Waals surface area contributed by atoms with E-state index in [4.69, 9.17) is 10.3 Å². The van der Waals surface area contributed by atoms with Crippen molar-refractivity contribution in [2.24, 2.45) is 0 Å². The summed E-state index contributed by atoms with van der Waals surface area (Å²) in [6.45, 7) is 2.02. The first-order valence-electron chi connectivity index (χ1n) is 5.44. The minimum atomic E-state index is -0.384. The standard InChI is InChI=1S/C11H9BrFN5O/c1-5-15-10(19-17-5)4-18-9-2-6(12)7(13)3-8(9)16-11(18)14/h2-3H,4H2,1H3,(H2,14,16). The van der Waals surface area contributed by atoms with Gasteiger partial charge in [-0.1, -0.05) is 5.16 Å². The number of benzene rings is 1. The van der Waals surface area contributed by atoms with Crippen LogP contribution in [0.4, 0.5) is 10.3 Å². The van der Waals surface area contributed by atoms with Crippen molar-refractivity contribution in [1.29, 1.82) is 0 Å². The summed E-state index contributed by atoms with van der Waals surface area (Å²) in [5.74, 6) is 0.850. The largest absolute Gasteiger partial charge is 0.369 e. The molecule has 0 bridgehead atoms. The van der Waals surface area contributed by atoms with E-state index in [0.29, 0.717) is 33.8 Å². The minimum Gasteiger partial charge on any atom is -0.369 e. The molecule has 3 rings (SSSR count). The summed E-state index contributed by atoms with van der Waals surface area (Å²) in [6.07, 6.45) is 0. The number of rotatable bonds is 2. The molecule has 2 N–H and O–H groups in total. The van der Waals surface area contributed by atoms with Crippen molar-refractivity contribution in [2.45, 2.75) is 13.5 Å². The van der Waals surface area contributed by atoms with Crippen LogP contribution in [0.2, 0.25) is 0 Å². The molecule has 0 fully saturated rings. The molecule has 0 spiro atoms. The summed E-state index contributed by atoms with van der Waals surface area (Å²) in [5, 5.41) is 3.71. The van der Waals surface area contributed by atoms with Gasteiger partial charge in [0.1, 0.15) is 12.4 Å². The topological polar surface area (TPSA) is 82.8 Å². The third-order valence-corrected chi connectivity index (χ3v) is 3.29. The molecule has 0 aliphatic carbocycles. The molecule has 0 unspecified atom stereocenters. The summed E-state index contributed by atoms with van der Waals surface area (Å²) in [6, 6.07) is 2.95. The number of nitrogens with zero attached hydrogens (tertiary/aromatic N) is 4. The molecule has 98 valence electrons. The highest BCUT2D eigenvalue weighted by atomic mass is 79.9. The van der Waals surface area contributed by atoms with Gasteiger partial charge < -0.3 is 14.8 Å². The van der Waals surface area contributed by atoms with Gasteiger partial charge in [0.2, 0.25) is 11.8 Å². The van der Waals surface area contributed by atoms with E-state index in [1.807, 2.05) is 0 Å². The second kappa shape index (κ2) is 4.30. The van der Waals surface area contributed by atoms with Crippen molar-refractivity contribution in [2.75, 3.05) is 5.73 Å². The summed E-state index contributed by atoms with van der Waals surface area (Å²) < 4.78 is 20.5. The number of fused-ring (bicyclic) bond motifs is 1. The average Bonchev–Trinajstić information content (AvgIpc) is 2.87. The first-order valence-corrected chi connectivity index (χ1v) is 6.24. The van der Waals surface area contributed by atoms with Crippen LogP contribution in [-0.2, 0) is 6.54 Å². The van der Waals surface area contributed by atoms with E-state index in [9.17, 15) is 4.39 Å². The van der Waals surface area contributed by atoms with Gasteiger partial charge >= 0.3 is 0 Å². The number of aryl methyl sites for hydroxylation is 1. The monoisotopic (exact) mass is 325 g/mol. The van der Waals surface area contributed by atoms with Crippen LogP contribution >= 0.6 is 15.9 Å². The lowest BCUT2D eigenvalue weighted by molar-refractivity contribution is 0.369. The summed E-state index contributed by atoms with van der Waals surface area (Å²) in [7, 11) is 0. The lowest BCUT2D eigenvalue weighted by Crippen LogP contribution is -2.04. The Morgan fingerprint density at radius 2 is 2.21 bits per heavy atom. The van der Waals surface area contributed by atoms with Crippen molar-refractivity contribution >= 4 is 32.9 Å². The molecule has 0 radical (unpaired) electrons. The highest BCUT2D eigenvalue weighted by Crippen LogP contribution is 2.25. The van der Waals surface area contributed by atoms with E-state index in [0.717, 1.165) is 0 Å². The van der Waals surface area contributed by atoms with Crippen LogP contribution in [0.3, 0.4) is 0 Å². The zero-order valence-electron chi connectivity index (χ0n) is 9.89. The number of imidazole rings is 1. The van der Waals surface area contributed by atoms with E-state index in [2.05, 4.69) is 31.1 Å². The Balaban J connectivity index is 2.12. The van der Waals surface area contributed by atoms with Crippen molar-refractivity contribution in [3.8, 4) is 0 Å². The smallest absolute Gasteiger partial charge is 0.246 e. The molecule has 3 aromatic rings. The van der Waals surface area contributed by atoms with Gasteiger partial charge in [-0.05, 0) is 28.9 Å². The maximum Gasteiger partial charge on any atom is 0.246 e. The summed E-state index contributed by atoms with van der Waals surface area (Å²) >= 11 is 3.14. The van der Waals surface area contributed by atoms with Crippen LogP contribution in [0.15, 0.2) is 21.1 Å². The fourth-order valence-corrected chi connectivity index (χ4v) is 2.18. The number of nitrogen functional groups attached to an aromatic ring is 1. The molecule has 0 aliphatic rings. The van der Waals surface area contributed by atoms with Crippen LogP contribution in [0.1, 0.15) is 11.7 Å². The number of anilines is 1. The molecular formula is C11H9BrFN5O. The summed E-state index contributed by atoms with van der Waals surface area (Å²) in [4.78, 5) is 8.21. The number of hydrogen-bond donors (Lipinski definition) is 1. The average molecular weight is 326 g/mol. The van der Waals surface area contributed by atoms with Crippen LogP contribution in [-0.4, -0.2) is 19.7 Å². The Morgan fingerprint density at radius 1 is 1.42 bits per heavy atom. The van der Waals surface area contributed by atoms with E-state index < -0.39 is 0 Å². The molecule has 0 atom stereocenters. The first kappa shape index (κ1) is 12.1. The Bertz CT molecular complexity index is 766. The van der Waals surface area contributed by atoms with Gasteiger partial charge in [-0.25, -0.2) is 9.37 Å². The third kappa shape index (κ3) is 2.07. The molecule has 0 amide bonds. The predicted octanol–water partition coefficient (Wildman–Crippen LogP) is 2.26. The van der Waals surface area contributed by atoms with Crippen LogP contribution in [0.5, 0.6) is 0 Å². The van der Waals surface area contributed by atoms with Gasteiger partial charge in [0, 0.05) is 6.07 Å². The number of halogens is 2. The molecule has 19 heavy (non-hydrogen) atoms. The lowest BCUT2D eigenvalue weighted by Gasteiger charge is -2.03. The van der Waals surface area contributed by atoms with E-state index in [1.54, 1.807) is 17.6 Å². The molecule has 2 aromatic heterocycles. The Morgan fingerprint density at radius 3 is 2.89 bits per heavy atom. The van der Waals surface area contributed by atoms with Crippen LogP contribution < -0.4 is 5.73 Å². The number of nitrogens with two attached hydrogens (primary N) is 1. The van der Waals surface area contributed by atoms with Crippen LogP contribution in [0, 0.1) is 12.7 Å². The maximum atomic E-state index is 13.4. The van der Waals surface area contributed by atoms with Gasteiger partial charge in [-0.3, -0.25) is 0 Å². The van der Waals surface area contributed by atoms with Crippen LogP contribution in [0.25, 0.3) is 11.0 Å². The fraction of sp³-hybridized carbons (Fsp3) is 0.182. The third-order valence-electron chi connectivity index (χ3n) is 2.68. The molecule has 1 aromatic carbocycles. The highest BCUT2D eigenvalue weighted by molar-refractivity contribution is 9.10. The van der Waals surface area contributed by atoms with E-state index in [-0.39, 0.29) is 11.8 Å². The van der Waals surface area contributed by atoms with Crippen molar-refractivity contribution in [3.05, 3.63) is 34.1 Å². The zero-order chi connectivity index (χ0) is 13.6. The predicted molar refractivity (Wildman–Crippen MR) is 69.9 cm³/mol. The number of aromatic nitrogens is 4. The second-order valence-electron chi connectivity index (χ2n) is 4.05. The van der Waals surface area contributed by atoms with Crippen molar-refractivity contribution < 1.29 is 8.91 Å². The normalized spacial score (nSPS) is 11.3. The van der Waals surface area contributed by atoms with Gasteiger partial charge in [0.15, 0.2) is 5.82 Å². The Labute approximate surface area is 115 Å². The minimum absolute atomic E-state index is 0.267. The summed E-state index contributed by atoms with van der Waals surface area (Å²) in [5.41, 5.74) is 7.01. The van der Waals surface area contributed by atoms with Gasteiger partial charge in [0.25, 0.3) is 0 Å². The van der Waals surface area contributed by atoms with Crippen molar-refractivity contribution in [3.63, 3.8) is 0 Å². The molecule has 0 aliphatic heterocycles. The zero-order valence-corrected chi connectivity index (χ0v) is 11.5. The van der Waals surface area contributed by atoms with Gasteiger partial charge in [-0.15, -0.1) is 0 Å². The quantitative estimate of drug-likeness (QED) is 0.781. The van der Waals surface area contributed by atoms with E-state index >= 15 is 0 Å². The first-order chi connectivity index (χ1) is 9.04. The number of hydrogen-bond acceptors (Lipinski definition) is 5. The SMILES string of the molecule is Cc1noc(Cn2c(N)nc3cc(F)c(Br)cc32)n1. The lowest BCUT2D eigenvalue weighted by atomic mass is 10.3. The molecule has 6 nitrogen and oxygen atoms in total. The maximum absolute atomic E-state index is 13.4. The molecule has 0 saturated heterocycles. The Kier molecular flexibility index (Phi) is 2.74. The Hall–Kier alpha value is -1.96. The molecule has 0 saturated carbocycles. The highest BCUT2D eigenvalue weighted by Gasteiger charge is 2.14. The fourth-order valence-electron chi connectivity index (χ4n) is 1.84. The van der Waals surface area contributed by atoms with E-state index in [1.165, 1.54) is 6.07 Å². The van der Waals surface area contributed by atoms with Gasteiger partial charge in [0.05, 0.1) is 15.5 Å². The molecule has 2 heterocycles. The van der Waals surface area contributed by atoms with Crippen molar-refractivity contribution in [1.82, 2.24) is 19.7 Å². The second-order valence-corrected chi connectivity index (χ2v) is 4.90. The molecule has 8 heteroatoms. The molecular weight excluding hydrogens is 317 g/mol. The van der Waals surface area contributed by atoms with Gasteiger partial charge in [-0.2, -0.15) is 4.98 Å².